The van der Waals surface area contributed by atoms with Crippen molar-refractivity contribution in [3.63, 3.8) is 0 Å². The number of nitrogens with zero attached hydrogens (tertiary/aromatic N) is 6. The largest absolute Gasteiger partial charge is 0.378 e. The molecular formula is C25H21N7O4. The molecule has 0 spiro atoms. The third-order valence-electron chi connectivity index (χ3n) is 6.03. The second-order valence-electron chi connectivity index (χ2n) is 8.26. The van der Waals surface area contributed by atoms with Crippen LogP contribution in [0.25, 0.3) is 16.7 Å². The van der Waals surface area contributed by atoms with Gasteiger partial charge >= 0.3 is 0 Å². The highest BCUT2D eigenvalue weighted by Crippen LogP contribution is 2.31. The molecule has 1 amide bonds. The smallest absolute Gasteiger partial charge is 0.293 e. The zero-order chi connectivity index (χ0) is 25.2. The molecule has 1 aliphatic rings. The number of carbonyl (C=O) groups is 1. The number of amides is 1. The normalized spacial score (nSPS) is 13.4. The highest BCUT2D eigenvalue weighted by molar-refractivity contribution is 6.05. The molecule has 4 aromatic rings. The maximum Gasteiger partial charge on any atom is 0.293 e. The number of anilines is 2. The van der Waals surface area contributed by atoms with E-state index in [1.54, 1.807) is 6.07 Å². The monoisotopic (exact) mass is 483 g/mol. The van der Waals surface area contributed by atoms with E-state index in [4.69, 9.17) is 4.74 Å². The number of hydrogen-bond acceptors (Lipinski definition) is 8. The van der Waals surface area contributed by atoms with Crippen molar-refractivity contribution in [2.75, 3.05) is 36.5 Å². The molecule has 180 valence electrons. The summed E-state index contributed by atoms with van der Waals surface area (Å²) < 4.78 is 6.71. The van der Waals surface area contributed by atoms with Gasteiger partial charge in [0.05, 0.1) is 29.9 Å². The number of aromatic nitrogens is 3. The van der Waals surface area contributed by atoms with E-state index < -0.39 is 10.8 Å². The van der Waals surface area contributed by atoms with Crippen LogP contribution in [0.15, 0.2) is 54.7 Å². The van der Waals surface area contributed by atoms with Gasteiger partial charge in [-0.2, -0.15) is 15.0 Å². The maximum absolute atomic E-state index is 13.2. The van der Waals surface area contributed by atoms with Crippen LogP contribution in [-0.4, -0.2) is 51.9 Å². The van der Waals surface area contributed by atoms with Crippen molar-refractivity contribution in [1.82, 2.24) is 14.8 Å². The molecule has 11 heteroatoms. The molecule has 1 N–H and O–H groups in total. The van der Waals surface area contributed by atoms with Gasteiger partial charge in [0.2, 0.25) is 0 Å². The van der Waals surface area contributed by atoms with Crippen molar-refractivity contribution in [1.29, 1.82) is 5.26 Å². The summed E-state index contributed by atoms with van der Waals surface area (Å²) in [5.41, 5.74) is 2.17. The molecule has 1 fully saturated rings. The Balaban J connectivity index is 1.50. The minimum atomic E-state index is -0.609. The van der Waals surface area contributed by atoms with Gasteiger partial charge in [-0.25, -0.2) is 4.98 Å². The number of benzene rings is 2. The van der Waals surface area contributed by atoms with E-state index in [9.17, 15) is 20.2 Å². The van der Waals surface area contributed by atoms with Crippen molar-refractivity contribution in [2.45, 2.75) is 6.92 Å². The highest BCUT2D eigenvalue weighted by Gasteiger charge is 2.24. The van der Waals surface area contributed by atoms with Crippen molar-refractivity contribution < 1.29 is 14.5 Å². The van der Waals surface area contributed by atoms with Crippen LogP contribution in [-0.2, 0) is 4.74 Å². The third-order valence-corrected chi connectivity index (χ3v) is 6.03. The minimum Gasteiger partial charge on any atom is -0.378 e. The van der Waals surface area contributed by atoms with Gasteiger partial charge in [-0.1, -0.05) is 18.2 Å². The zero-order valence-electron chi connectivity index (χ0n) is 19.3. The van der Waals surface area contributed by atoms with Gasteiger partial charge in [-0.3, -0.25) is 14.9 Å². The van der Waals surface area contributed by atoms with Crippen LogP contribution >= 0.6 is 0 Å². The van der Waals surface area contributed by atoms with E-state index in [0.29, 0.717) is 37.8 Å². The Bertz CT molecular complexity index is 1530. The van der Waals surface area contributed by atoms with Gasteiger partial charge in [-0.05, 0) is 36.8 Å². The molecular weight excluding hydrogens is 462 g/mol. The Kier molecular flexibility index (Phi) is 6.02. The fourth-order valence-corrected chi connectivity index (χ4v) is 4.23. The lowest BCUT2D eigenvalue weighted by Gasteiger charge is -2.28. The minimum absolute atomic E-state index is 0.0815. The molecule has 3 heterocycles. The number of rotatable bonds is 5. The van der Waals surface area contributed by atoms with Crippen LogP contribution in [0.5, 0.6) is 0 Å². The quantitative estimate of drug-likeness (QED) is 0.335. The number of nitro benzene ring substituents is 1. The third kappa shape index (κ3) is 4.21. The number of nitrogens with one attached hydrogen (secondary N) is 1. The summed E-state index contributed by atoms with van der Waals surface area (Å²) in [6, 6.07) is 15.8. The predicted octanol–water partition coefficient (Wildman–Crippen LogP) is 3.60. The lowest BCUT2D eigenvalue weighted by Crippen LogP contribution is -2.36. The molecule has 0 saturated carbocycles. The molecule has 11 nitrogen and oxygen atoms in total. The topological polar surface area (TPSA) is 139 Å². The summed E-state index contributed by atoms with van der Waals surface area (Å²) in [6.07, 6.45) is 1.34. The van der Waals surface area contributed by atoms with Crippen LogP contribution < -0.4 is 10.2 Å². The van der Waals surface area contributed by atoms with E-state index >= 15 is 0 Å². The molecule has 0 bridgehead atoms. The van der Waals surface area contributed by atoms with Gasteiger partial charge in [0.25, 0.3) is 11.6 Å². The SMILES string of the molecule is Cc1cc(-n2ncc(C#N)c2NC(=O)c2ccc(N3CCOCC3)c([N+](=O)[O-])c2)nc2ccccc12. The molecule has 1 saturated heterocycles. The standard InChI is InChI=1S/C25H21N7O4/c1-16-12-23(28-20-5-3-2-4-19(16)20)31-24(18(14-26)15-27-31)29-25(33)17-6-7-21(22(13-17)32(34)35)30-8-10-36-11-9-30/h2-7,12-13,15H,8-11H2,1H3,(H,29,33). The summed E-state index contributed by atoms with van der Waals surface area (Å²) in [5.74, 6) is -0.0522. The first kappa shape index (κ1) is 22.9. The first-order valence-corrected chi connectivity index (χ1v) is 11.2. The van der Waals surface area contributed by atoms with Crippen LogP contribution in [0, 0.1) is 28.4 Å². The van der Waals surface area contributed by atoms with Crippen molar-refractivity contribution in [3.05, 3.63) is 81.5 Å². The Morgan fingerprint density at radius 1 is 1.19 bits per heavy atom. The number of ether oxygens (including phenoxy) is 1. The van der Waals surface area contributed by atoms with Gasteiger partial charge < -0.3 is 15.0 Å². The Labute approximate surface area is 205 Å². The number of hydrogen-bond donors (Lipinski definition) is 1. The second-order valence-corrected chi connectivity index (χ2v) is 8.26. The predicted molar refractivity (Wildman–Crippen MR) is 132 cm³/mol. The summed E-state index contributed by atoms with van der Waals surface area (Å²) in [4.78, 5) is 30.9. The molecule has 0 aliphatic carbocycles. The number of carbonyl (C=O) groups excluding carboxylic acids is 1. The molecule has 36 heavy (non-hydrogen) atoms. The van der Waals surface area contributed by atoms with Crippen LogP contribution in [0.4, 0.5) is 17.2 Å². The lowest BCUT2D eigenvalue weighted by atomic mass is 10.1. The van der Waals surface area contributed by atoms with Crippen molar-refractivity contribution >= 4 is 34.0 Å². The Morgan fingerprint density at radius 2 is 1.97 bits per heavy atom. The fraction of sp³-hybridized carbons (Fsp3) is 0.200. The highest BCUT2D eigenvalue weighted by atomic mass is 16.6. The maximum atomic E-state index is 13.2. The molecule has 2 aromatic carbocycles. The average Bonchev–Trinajstić information content (AvgIpc) is 3.31. The van der Waals surface area contributed by atoms with Crippen LogP contribution in [0.3, 0.4) is 0 Å². The summed E-state index contributed by atoms with van der Waals surface area (Å²) in [5, 5.41) is 29.3. The molecule has 2 aromatic heterocycles. The molecule has 1 aliphatic heterocycles. The Morgan fingerprint density at radius 3 is 2.72 bits per heavy atom. The first-order valence-electron chi connectivity index (χ1n) is 11.2. The van der Waals surface area contributed by atoms with Gasteiger partial charge in [0, 0.05) is 30.1 Å². The van der Waals surface area contributed by atoms with Gasteiger partial charge in [-0.15, -0.1) is 0 Å². The fourth-order valence-electron chi connectivity index (χ4n) is 4.23. The van der Waals surface area contributed by atoms with Gasteiger partial charge in [0.15, 0.2) is 11.6 Å². The number of fused-ring (bicyclic) bond motifs is 1. The van der Waals surface area contributed by atoms with E-state index in [0.717, 1.165) is 16.5 Å². The molecule has 0 unspecified atom stereocenters. The first-order chi connectivity index (χ1) is 17.5. The molecule has 5 rings (SSSR count). The summed E-state index contributed by atoms with van der Waals surface area (Å²) in [7, 11) is 0. The number of morpholine rings is 1. The number of aryl methyl sites for hydroxylation is 1. The number of nitro groups is 1. The van der Waals surface area contributed by atoms with Crippen LogP contribution in [0.2, 0.25) is 0 Å². The van der Waals surface area contributed by atoms with Gasteiger partial charge in [0.1, 0.15) is 17.3 Å². The second kappa shape index (κ2) is 9.44. The zero-order valence-corrected chi connectivity index (χ0v) is 19.3. The van der Waals surface area contributed by atoms with Crippen molar-refractivity contribution in [3.8, 4) is 11.9 Å². The summed E-state index contributed by atoms with van der Waals surface area (Å²) >= 11 is 0. The van der Waals surface area contributed by atoms with Crippen molar-refractivity contribution in [2.24, 2.45) is 0 Å². The number of pyridine rings is 1. The van der Waals surface area contributed by atoms with E-state index in [1.807, 2.05) is 48.2 Å². The molecule has 0 radical (unpaired) electrons. The number of nitriles is 1. The van der Waals surface area contributed by atoms with E-state index in [-0.39, 0.29) is 22.6 Å². The van der Waals surface area contributed by atoms with Crippen LogP contribution in [0.1, 0.15) is 21.5 Å². The number of para-hydroxylation sites is 1. The Hall–Kier alpha value is -4.82. The summed E-state index contributed by atoms with van der Waals surface area (Å²) in [6.45, 7) is 3.94. The molecule has 0 atom stereocenters. The average molecular weight is 483 g/mol. The van der Waals surface area contributed by atoms with E-state index in [1.165, 1.54) is 23.0 Å². The van der Waals surface area contributed by atoms with E-state index in [2.05, 4.69) is 15.4 Å². The lowest BCUT2D eigenvalue weighted by molar-refractivity contribution is -0.384.